The van der Waals surface area contributed by atoms with E-state index in [-0.39, 0.29) is 27.9 Å². The van der Waals surface area contributed by atoms with Crippen molar-refractivity contribution >= 4 is 44.8 Å². The van der Waals surface area contributed by atoms with E-state index in [2.05, 4.69) is 4.72 Å². The molecule has 1 rings (SSSR count). The Bertz CT molecular complexity index is 531. The molecule has 0 radical (unpaired) electrons. The highest BCUT2D eigenvalue weighted by molar-refractivity contribution is 7.92. The van der Waals surface area contributed by atoms with E-state index in [1.807, 2.05) is 0 Å². The van der Waals surface area contributed by atoms with Crippen LogP contribution in [0.5, 0.6) is 0 Å². The Morgan fingerprint density at radius 1 is 1.41 bits per heavy atom. The lowest BCUT2D eigenvalue weighted by Gasteiger charge is -2.08. The van der Waals surface area contributed by atoms with E-state index in [0.717, 1.165) is 0 Å². The highest BCUT2D eigenvalue weighted by Crippen LogP contribution is 2.20. The molecule has 0 heterocycles. The largest absolute Gasteiger partial charge is 0.366 e. The number of carbonyl (C=O) groups excluding carboxylic acids is 1. The zero-order valence-electron chi connectivity index (χ0n) is 8.61. The summed E-state index contributed by atoms with van der Waals surface area (Å²) in [4.78, 5) is 11.0. The van der Waals surface area contributed by atoms with Gasteiger partial charge in [-0.15, -0.1) is 11.6 Å². The van der Waals surface area contributed by atoms with Gasteiger partial charge in [-0.25, -0.2) is 8.42 Å². The maximum Gasteiger partial charge on any atom is 0.250 e. The number of anilines is 1. The Hall–Kier alpha value is -0.980. The molecule has 0 aliphatic heterocycles. The van der Waals surface area contributed by atoms with E-state index >= 15 is 0 Å². The summed E-state index contributed by atoms with van der Waals surface area (Å²) in [7, 11) is -3.52. The van der Waals surface area contributed by atoms with Crippen molar-refractivity contribution in [3.05, 3.63) is 28.8 Å². The van der Waals surface area contributed by atoms with Gasteiger partial charge < -0.3 is 5.73 Å². The van der Waals surface area contributed by atoms with Gasteiger partial charge in [-0.3, -0.25) is 9.52 Å². The lowest BCUT2D eigenvalue weighted by atomic mass is 10.2. The Kier molecular flexibility index (Phi) is 4.62. The molecule has 0 aliphatic rings. The number of amides is 1. The third-order valence-electron chi connectivity index (χ3n) is 1.85. The first-order chi connectivity index (χ1) is 7.85. The van der Waals surface area contributed by atoms with Crippen molar-refractivity contribution in [2.45, 2.75) is 0 Å². The number of halogens is 2. The van der Waals surface area contributed by atoms with Gasteiger partial charge in [-0.2, -0.15) is 0 Å². The van der Waals surface area contributed by atoms with Crippen molar-refractivity contribution in [1.82, 2.24) is 0 Å². The number of nitrogens with one attached hydrogen (secondary N) is 1. The molecule has 94 valence electrons. The summed E-state index contributed by atoms with van der Waals surface area (Å²) in [6.45, 7) is 0. The molecule has 0 spiro atoms. The maximum absolute atomic E-state index is 11.4. The van der Waals surface area contributed by atoms with Crippen LogP contribution in [-0.2, 0) is 10.0 Å². The SMILES string of the molecule is NC(=O)c1cc(NS(=O)(=O)CCCl)ccc1Cl. The first kappa shape index (κ1) is 14.1. The van der Waals surface area contributed by atoms with Crippen LogP contribution in [0.4, 0.5) is 5.69 Å². The zero-order valence-corrected chi connectivity index (χ0v) is 10.9. The van der Waals surface area contributed by atoms with E-state index in [4.69, 9.17) is 28.9 Å². The van der Waals surface area contributed by atoms with Crippen LogP contribution in [0, 0.1) is 0 Å². The predicted octanol–water partition coefficient (Wildman–Crippen LogP) is 1.42. The molecule has 1 amide bonds. The number of nitrogens with two attached hydrogens (primary N) is 1. The number of hydrogen-bond donors (Lipinski definition) is 2. The molecule has 17 heavy (non-hydrogen) atoms. The van der Waals surface area contributed by atoms with Gasteiger partial charge in [0.25, 0.3) is 0 Å². The Balaban J connectivity index is 3.02. The summed E-state index contributed by atoms with van der Waals surface area (Å²) in [6.07, 6.45) is 0. The normalized spacial score (nSPS) is 11.2. The molecule has 0 saturated heterocycles. The fourth-order valence-electron chi connectivity index (χ4n) is 1.11. The number of primary amides is 1. The second-order valence-electron chi connectivity index (χ2n) is 3.17. The van der Waals surface area contributed by atoms with Gasteiger partial charge in [0.2, 0.25) is 15.9 Å². The summed E-state index contributed by atoms with van der Waals surface area (Å²) in [5, 5.41) is 0.165. The molecule has 0 fully saturated rings. The Morgan fingerprint density at radius 2 is 2.06 bits per heavy atom. The molecule has 8 heteroatoms. The lowest BCUT2D eigenvalue weighted by molar-refractivity contribution is 0.100. The van der Waals surface area contributed by atoms with Gasteiger partial charge in [0, 0.05) is 11.6 Å². The second-order valence-corrected chi connectivity index (χ2v) is 5.80. The summed E-state index contributed by atoms with van der Waals surface area (Å²) in [5.74, 6) is -0.970. The number of hydrogen-bond acceptors (Lipinski definition) is 3. The smallest absolute Gasteiger partial charge is 0.250 e. The minimum absolute atomic E-state index is 0.0222. The van der Waals surface area contributed by atoms with Crippen LogP contribution >= 0.6 is 23.2 Å². The standard InChI is InChI=1S/C9H10Cl2N2O3S/c10-3-4-17(15,16)13-6-1-2-8(11)7(5-6)9(12)14/h1-2,5,13H,3-4H2,(H2,12,14). The maximum atomic E-state index is 11.4. The fourth-order valence-corrected chi connectivity index (χ4v) is 2.72. The molecular weight excluding hydrogens is 287 g/mol. The molecule has 0 aromatic heterocycles. The van der Waals surface area contributed by atoms with Crippen LogP contribution in [-0.4, -0.2) is 26.0 Å². The summed E-state index contributed by atoms with van der Waals surface area (Å²) in [6, 6.07) is 4.09. The Morgan fingerprint density at radius 3 is 2.59 bits per heavy atom. The van der Waals surface area contributed by atoms with Gasteiger partial charge >= 0.3 is 0 Å². The third kappa shape index (κ3) is 4.07. The number of carbonyl (C=O) groups is 1. The van der Waals surface area contributed by atoms with Crippen molar-refractivity contribution in [1.29, 1.82) is 0 Å². The second kappa shape index (κ2) is 5.57. The Labute approximate surface area is 109 Å². The number of alkyl halides is 1. The molecular formula is C9H10Cl2N2O3S. The molecule has 1 aromatic carbocycles. The van der Waals surface area contributed by atoms with E-state index in [1.54, 1.807) is 0 Å². The van der Waals surface area contributed by atoms with Crippen molar-refractivity contribution in [3.8, 4) is 0 Å². The van der Waals surface area contributed by atoms with Gasteiger partial charge in [-0.1, -0.05) is 11.6 Å². The van der Waals surface area contributed by atoms with Crippen molar-refractivity contribution in [2.75, 3.05) is 16.4 Å². The van der Waals surface area contributed by atoms with Crippen LogP contribution in [0.25, 0.3) is 0 Å². The fraction of sp³-hybridized carbons (Fsp3) is 0.222. The molecule has 0 saturated carbocycles. The van der Waals surface area contributed by atoms with E-state index in [1.165, 1.54) is 18.2 Å². The summed E-state index contributed by atoms with van der Waals surface area (Å²) in [5.41, 5.74) is 5.35. The van der Waals surface area contributed by atoms with Gasteiger partial charge in [0.05, 0.1) is 16.3 Å². The first-order valence-electron chi connectivity index (χ1n) is 4.51. The van der Waals surface area contributed by atoms with Crippen LogP contribution in [0.3, 0.4) is 0 Å². The molecule has 0 atom stereocenters. The number of benzene rings is 1. The minimum Gasteiger partial charge on any atom is -0.366 e. The van der Waals surface area contributed by atoms with Crippen LogP contribution in [0.15, 0.2) is 18.2 Å². The van der Waals surface area contributed by atoms with Crippen molar-refractivity contribution in [3.63, 3.8) is 0 Å². The topological polar surface area (TPSA) is 89.3 Å². The lowest BCUT2D eigenvalue weighted by Crippen LogP contribution is -2.18. The monoisotopic (exact) mass is 296 g/mol. The number of sulfonamides is 1. The highest BCUT2D eigenvalue weighted by atomic mass is 35.5. The van der Waals surface area contributed by atoms with Crippen LogP contribution in [0.1, 0.15) is 10.4 Å². The molecule has 0 aliphatic carbocycles. The van der Waals surface area contributed by atoms with Gasteiger partial charge in [0.15, 0.2) is 0 Å². The van der Waals surface area contributed by atoms with E-state index in [0.29, 0.717) is 0 Å². The minimum atomic E-state index is -3.52. The third-order valence-corrected chi connectivity index (χ3v) is 3.88. The van der Waals surface area contributed by atoms with Crippen LogP contribution < -0.4 is 10.5 Å². The molecule has 0 bridgehead atoms. The van der Waals surface area contributed by atoms with Crippen molar-refractivity contribution in [2.24, 2.45) is 5.73 Å². The summed E-state index contributed by atoms with van der Waals surface area (Å²) < 4.78 is 25.1. The number of rotatable bonds is 5. The highest BCUT2D eigenvalue weighted by Gasteiger charge is 2.12. The molecule has 0 unspecified atom stereocenters. The van der Waals surface area contributed by atoms with Gasteiger partial charge in [-0.05, 0) is 18.2 Å². The zero-order chi connectivity index (χ0) is 13.1. The average Bonchev–Trinajstić information content (AvgIpc) is 2.20. The van der Waals surface area contributed by atoms with E-state index < -0.39 is 15.9 Å². The molecule has 5 nitrogen and oxygen atoms in total. The van der Waals surface area contributed by atoms with Crippen LogP contribution in [0.2, 0.25) is 5.02 Å². The van der Waals surface area contributed by atoms with E-state index in [9.17, 15) is 13.2 Å². The quantitative estimate of drug-likeness (QED) is 0.805. The first-order valence-corrected chi connectivity index (χ1v) is 7.08. The predicted molar refractivity (Wildman–Crippen MR) is 68.1 cm³/mol. The average molecular weight is 297 g/mol. The van der Waals surface area contributed by atoms with Crippen molar-refractivity contribution < 1.29 is 13.2 Å². The molecule has 3 N–H and O–H groups in total. The molecule has 1 aromatic rings. The van der Waals surface area contributed by atoms with Gasteiger partial charge in [0.1, 0.15) is 0 Å². The summed E-state index contributed by atoms with van der Waals surface area (Å²) >= 11 is 11.1.